The van der Waals surface area contributed by atoms with Crippen LogP contribution in [0.3, 0.4) is 0 Å². The Labute approximate surface area is 310 Å². The summed E-state index contributed by atoms with van der Waals surface area (Å²) in [5.74, 6) is 0. The molecule has 1 saturated carbocycles. The van der Waals surface area contributed by atoms with Gasteiger partial charge in [0.15, 0.2) is 0 Å². The molecule has 0 spiro atoms. The molecule has 0 unspecified atom stereocenters. The molecular weight excluding hydrogens is 818 g/mol. The van der Waals surface area contributed by atoms with Crippen LogP contribution < -0.4 is 21.3 Å². The minimum atomic E-state index is -2.41. The monoisotopic (exact) mass is 858 g/mol. The average molecular weight is 857 g/mol. The second kappa shape index (κ2) is 15.6. The van der Waals surface area contributed by atoms with Crippen LogP contribution in [-0.4, -0.2) is 0 Å². The van der Waals surface area contributed by atoms with Gasteiger partial charge in [-0.2, -0.15) is 0 Å². The fourth-order valence-electron chi connectivity index (χ4n) is 7.23. The van der Waals surface area contributed by atoms with E-state index in [0.29, 0.717) is 21.9 Å². The molecule has 1 aliphatic rings. The van der Waals surface area contributed by atoms with Crippen LogP contribution >= 0.6 is 7.26 Å². The molecule has 0 amide bonds. The zero-order valence-corrected chi connectivity index (χ0v) is 32.3. The summed E-state index contributed by atoms with van der Waals surface area (Å²) in [5, 5.41) is 6.24. The first-order chi connectivity index (χ1) is 25.1. The first-order valence-corrected chi connectivity index (χ1v) is 20.5. The summed E-state index contributed by atoms with van der Waals surface area (Å²) in [6.07, 6.45) is 16.4. The van der Waals surface area contributed by atoms with Crippen LogP contribution in [0.5, 0.6) is 0 Å². The molecule has 251 valence electrons. The molecule has 2 nitrogen and oxygen atoms in total. The second-order valence-electron chi connectivity index (χ2n) is 12.7. The van der Waals surface area contributed by atoms with Gasteiger partial charge in [-0.1, -0.05) is 18.2 Å². The van der Waals surface area contributed by atoms with Gasteiger partial charge < -0.3 is 0 Å². The molecule has 0 aliphatic heterocycles. The van der Waals surface area contributed by atoms with Crippen molar-refractivity contribution in [2.45, 2.75) is 33.1 Å². The summed E-state index contributed by atoms with van der Waals surface area (Å²) in [5.41, 5.74) is 7.06. The van der Waals surface area contributed by atoms with Crippen LogP contribution in [0.1, 0.15) is 44.2 Å². The molecule has 0 N–H and O–H groups in total. The van der Waals surface area contributed by atoms with Crippen LogP contribution in [0.15, 0.2) is 183 Å². The molecule has 1 fully saturated rings. The number of benzene rings is 5. The molecule has 51 heavy (non-hydrogen) atoms. The fourth-order valence-corrected chi connectivity index (χ4v) is 13.0. The molecule has 6 aromatic rings. The van der Waals surface area contributed by atoms with Gasteiger partial charge in [-0.15, -0.1) is 0 Å². The van der Waals surface area contributed by atoms with E-state index in [-0.39, 0.29) is 5.43 Å². The Morgan fingerprint density at radius 1 is 0.686 bits per heavy atom. The van der Waals surface area contributed by atoms with Gasteiger partial charge in [0.05, 0.1) is 0 Å². The first kappa shape index (κ1) is 34.6. The fraction of sp³-hybridized carbons (Fsp3) is 0.106. The van der Waals surface area contributed by atoms with E-state index in [2.05, 4.69) is 127 Å². The van der Waals surface area contributed by atoms with E-state index >= 15 is 0 Å². The third-order valence-electron chi connectivity index (χ3n) is 9.64. The number of hydrogen-bond donors (Lipinski definition) is 0. The van der Waals surface area contributed by atoms with Gasteiger partial charge in [0.25, 0.3) is 0 Å². The molecular formula is C47H39O2OsP+. The van der Waals surface area contributed by atoms with Crippen LogP contribution in [0, 0.1) is 4.37 Å². The van der Waals surface area contributed by atoms with Crippen molar-refractivity contribution in [3.05, 3.63) is 195 Å². The Morgan fingerprint density at radius 2 is 1.20 bits per heavy atom. The Bertz CT molecular complexity index is 2380. The van der Waals surface area contributed by atoms with E-state index < -0.39 is 7.26 Å². The maximum absolute atomic E-state index is 13.5. The molecule has 1 heterocycles. The van der Waals surface area contributed by atoms with Crippen molar-refractivity contribution in [1.29, 1.82) is 0 Å². The van der Waals surface area contributed by atoms with Crippen molar-refractivity contribution in [2.75, 3.05) is 0 Å². The Morgan fingerprint density at radius 3 is 1.69 bits per heavy atom. The number of hydrogen-bond acceptors (Lipinski definition) is 2. The summed E-state index contributed by atoms with van der Waals surface area (Å²) in [4.78, 5) is 13.5. The van der Waals surface area contributed by atoms with Crippen molar-refractivity contribution < 1.29 is 22.4 Å². The van der Waals surface area contributed by atoms with Gasteiger partial charge in [0, 0.05) is 0 Å². The van der Waals surface area contributed by atoms with E-state index in [0.717, 1.165) is 36.0 Å². The molecule has 1 aromatic heterocycles. The summed E-state index contributed by atoms with van der Waals surface area (Å²) in [6, 6.07) is 44.6. The molecule has 7 rings (SSSR count). The second-order valence-corrected chi connectivity index (χ2v) is 16.7. The molecule has 1 aliphatic carbocycles. The molecule has 5 aromatic carbocycles. The third-order valence-corrected chi connectivity index (χ3v) is 15.0. The normalized spacial score (nSPS) is 15.7. The van der Waals surface area contributed by atoms with Crippen LogP contribution in [0.2, 0.25) is 0 Å². The van der Waals surface area contributed by atoms with E-state index in [1.165, 1.54) is 32.4 Å². The van der Waals surface area contributed by atoms with Gasteiger partial charge >= 0.3 is 287 Å². The molecule has 0 atom stereocenters. The van der Waals surface area contributed by atoms with Gasteiger partial charge in [-0.05, 0) is 6.92 Å². The number of fused-ring (bicyclic) bond motifs is 2. The first-order valence-electron chi connectivity index (χ1n) is 17.4. The Balaban J connectivity index is 1.49. The Kier molecular flexibility index (Phi) is 10.5. The van der Waals surface area contributed by atoms with E-state index in [4.69, 9.17) is 4.42 Å². The molecule has 4 heteroatoms. The molecule has 0 radical (unpaired) electrons. The van der Waals surface area contributed by atoms with Crippen molar-refractivity contribution in [1.82, 2.24) is 0 Å². The maximum atomic E-state index is 13.5. The standard InChI is InChI=1S/C47H39O2P.Os/c1-4-16-35-26-29-43-45(31-35)49-46-32-36(27-30-44(46)47(43)48)25-28-38(33-39-18-15-17-37(39)5-2)34(3)50(40-19-9-6-10-20-40,41-21-11-7-12-22-41)42-23-13-8-14-24-42;/h4-14,16,19-33H,15,17-18H2,1-2H3;/q+1;/b16-4+,28-25+,37-5?,38-34?,39-33?;. The van der Waals surface area contributed by atoms with Crippen LogP contribution in [0.4, 0.5) is 0 Å². The van der Waals surface area contributed by atoms with E-state index in [1.54, 1.807) is 17.9 Å². The van der Waals surface area contributed by atoms with Crippen molar-refractivity contribution in [3.8, 4) is 4.37 Å². The zero-order chi connectivity index (χ0) is 35.2. The summed E-state index contributed by atoms with van der Waals surface area (Å²) in [7, 11) is -2.41. The van der Waals surface area contributed by atoms with Crippen molar-refractivity contribution >= 4 is 57.3 Å². The molecule has 0 bridgehead atoms. The van der Waals surface area contributed by atoms with Crippen LogP contribution in [0.25, 0.3) is 34.1 Å². The van der Waals surface area contributed by atoms with Crippen molar-refractivity contribution in [2.24, 2.45) is 0 Å². The third kappa shape index (κ3) is 6.79. The van der Waals surface area contributed by atoms with Crippen molar-refractivity contribution in [3.63, 3.8) is 0 Å². The van der Waals surface area contributed by atoms with Gasteiger partial charge in [-0.25, -0.2) is 0 Å². The molecule has 0 saturated heterocycles. The summed E-state index contributed by atoms with van der Waals surface area (Å²) >= 11 is 1.80. The Hall–Kier alpha value is -4.88. The number of rotatable bonds is 8. The van der Waals surface area contributed by atoms with E-state index in [1.807, 2.05) is 55.5 Å². The topological polar surface area (TPSA) is 30.2 Å². The van der Waals surface area contributed by atoms with Gasteiger partial charge in [0.1, 0.15) is 0 Å². The average Bonchev–Trinajstić information content (AvgIpc) is 3.64. The SMILES string of the molecule is CC=C1CCCC1=CC(/C=C/c1ccc2c(=O)c3ccc(/C=C/C)cc3oc2c1)=C([C]#[Os])[P+](c1ccccc1)(c1ccccc1)c1ccccc1. The van der Waals surface area contributed by atoms with Gasteiger partial charge in [-0.3, -0.25) is 0 Å². The van der Waals surface area contributed by atoms with Crippen LogP contribution in [-0.2, 0) is 17.9 Å². The minimum absolute atomic E-state index is 0.0131. The van der Waals surface area contributed by atoms with E-state index in [9.17, 15) is 4.79 Å². The number of allylic oxidation sites excluding steroid dienone is 8. The zero-order valence-electron chi connectivity index (χ0n) is 28.8. The van der Waals surface area contributed by atoms with Gasteiger partial charge in [0.2, 0.25) is 0 Å². The summed E-state index contributed by atoms with van der Waals surface area (Å²) < 4.78 is 10.2. The quantitative estimate of drug-likeness (QED) is 0.0867. The predicted molar refractivity (Wildman–Crippen MR) is 215 cm³/mol. The predicted octanol–water partition coefficient (Wildman–Crippen LogP) is 10.8. The summed E-state index contributed by atoms with van der Waals surface area (Å²) in [6.45, 7) is 4.13.